The summed E-state index contributed by atoms with van der Waals surface area (Å²) < 4.78 is 6.70. The predicted molar refractivity (Wildman–Crippen MR) is 68.1 cm³/mol. The Labute approximate surface area is 106 Å². The van der Waals surface area contributed by atoms with E-state index in [9.17, 15) is 4.79 Å². The van der Waals surface area contributed by atoms with Crippen LogP contribution in [0.25, 0.3) is 0 Å². The maximum absolute atomic E-state index is 12.0. The molecule has 1 amide bonds. The lowest BCUT2D eigenvalue weighted by atomic mass is 9.98. The topological polar surface area (TPSA) is 82.2 Å². The quantitative estimate of drug-likeness (QED) is 0.809. The normalized spacial score (nSPS) is 17.9. The first-order valence-corrected chi connectivity index (χ1v) is 6.27. The molecule has 1 aliphatic carbocycles. The van der Waals surface area contributed by atoms with E-state index < -0.39 is 5.54 Å². The van der Waals surface area contributed by atoms with Gasteiger partial charge >= 0.3 is 0 Å². The summed E-state index contributed by atoms with van der Waals surface area (Å²) in [5.41, 5.74) is 5.36. The van der Waals surface area contributed by atoms with Crippen LogP contribution in [-0.2, 0) is 16.1 Å². The van der Waals surface area contributed by atoms with Crippen molar-refractivity contribution in [3.8, 4) is 0 Å². The van der Waals surface area contributed by atoms with Crippen molar-refractivity contribution in [1.29, 1.82) is 0 Å². The van der Waals surface area contributed by atoms with Gasteiger partial charge in [0.2, 0.25) is 5.91 Å². The van der Waals surface area contributed by atoms with E-state index in [1.165, 1.54) is 0 Å². The van der Waals surface area contributed by atoms with Crippen molar-refractivity contribution in [1.82, 2.24) is 9.78 Å². The van der Waals surface area contributed by atoms with Crippen LogP contribution in [-0.4, -0.2) is 34.9 Å². The lowest BCUT2D eigenvalue weighted by Gasteiger charge is -2.21. The maximum Gasteiger partial charge on any atom is 0.245 e. The highest BCUT2D eigenvalue weighted by Gasteiger charge is 2.37. The minimum atomic E-state index is -0.712. The van der Waals surface area contributed by atoms with Gasteiger partial charge in [0, 0.05) is 19.4 Å². The highest BCUT2D eigenvalue weighted by Crippen LogP contribution is 2.28. The Morgan fingerprint density at radius 1 is 1.61 bits per heavy atom. The number of nitrogens with two attached hydrogens (primary N) is 1. The van der Waals surface area contributed by atoms with Gasteiger partial charge in [0.25, 0.3) is 0 Å². The third-order valence-corrected chi connectivity index (χ3v) is 3.35. The number of methoxy groups -OCH3 is 1. The molecule has 0 bridgehead atoms. The summed E-state index contributed by atoms with van der Waals surface area (Å²) in [4.78, 5) is 12.0. The van der Waals surface area contributed by atoms with Gasteiger partial charge < -0.3 is 15.8 Å². The molecule has 0 saturated heterocycles. The van der Waals surface area contributed by atoms with E-state index in [0.29, 0.717) is 19.0 Å². The second-order valence-electron chi connectivity index (χ2n) is 4.77. The molecule has 18 heavy (non-hydrogen) atoms. The predicted octanol–water partition coefficient (Wildman–Crippen LogP) is 0.739. The number of hydrogen-bond acceptors (Lipinski definition) is 4. The fourth-order valence-electron chi connectivity index (χ4n) is 2.21. The van der Waals surface area contributed by atoms with Gasteiger partial charge in [0.1, 0.15) is 0 Å². The molecule has 0 aliphatic heterocycles. The molecule has 1 aromatic heterocycles. The van der Waals surface area contributed by atoms with E-state index in [1.807, 2.05) is 6.20 Å². The molecule has 0 atom stereocenters. The molecule has 0 aromatic carbocycles. The summed E-state index contributed by atoms with van der Waals surface area (Å²) in [6.07, 6.45) is 5.36. The van der Waals surface area contributed by atoms with Crippen LogP contribution in [0.3, 0.4) is 0 Å². The number of carbonyl (C=O) groups excluding carboxylic acids is 1. The number of nitrogens with zero attached hydrogens (tertiary/aromatic N) is 2. The Morgan fingerprint density at radius 3 is 3.00 bits per heavy atom. The fourth-order valence-corrected chi connectivity index (χ4v) is 2.21. The van der Waals surface area contributed by atoms with E-state index in [-0.39, 0.29) is 5.91 Å². The summed E-state index contributed by atoms with van der Waals surface area (Å²) in [5.74, 6) is 0.421. The highest BCUT2D eigenvalue weighted by atomic mass is 16.5. The van der Waals surface area contributed by atoms with Crippen LogP contribution in [0.1, 0.15) is 25.7 Å². The SMILES string of the molecule is COCCn1ccc(NC(=O)C2(N)CCCC2)n1. The monoisotopic (exact) mass is 252 g/mol. The second kappa shape index (κ2) is 5.49. The lowest BCUT2D eigenvalue weighted by molar-refractivity contribution is -0.121. The molecule has 1 saturated carbocycles. The molecule has 1 heterocycles. The van der Waals surface area contributed by atoms with E-state index in [2.05, 4.69) is 10.4 Å². The van der Waals surface area contributed by atoms with Crippen LogP contribution in [0.4, 0.5) is 5.82 Å². The Morgan fingerprint density at radius 2 is 2.33 bits per heavy atom. The number of amides is 1. The maximum atomic E-state index is 12.0. The van der Waals surface area contributed by atoms with E-state index in [4.69, 9.17) is 10.5 Å². The molecule has 100 valence electrons. The lowest BCUT2D eigenvalue weighted by Crippen LogP contribution is -2.48. The van der Waals surface area contributed by atoms with Gasteiger partial charge in [-0.05, 0) is 12.8 Å². The molecule has 3 N–H and O–H groups in total. The number of rotatable bonds is 5. The summed E-state index contributed by atoms with van der Waals surface area (Å²) >= 11 is 0. The zero-order valence-corrected chi connectivity index (χ0v) is 10.7. The first-order chi connectivity index (χ1) is 8.64. The zero-order chi connectivity index (χ0) is 13.0. The first-order valence-electron chi connectivity index (χ1n) is 6.27. The molecule has 0 unspecified atom stereocenters. The molecule has 6 nitrogen and oxygen atoms in total. The second-order valence-corrected chi connectivity index (χ2v) is 4.77. The highest BCUT2D eigenvalue weighted by molar-refractivity contribution is 5.97. The summed E-state index contributed by atoms with van der Waals surface area (Å²) in [7, 11) is 1.64. The van der Waals surface area contributed by atoms with Gasteiger partial charge in [-0.3, -0.25) is 9.48 Å². The van der Waals surface area contributed by atoms with Crippen LogP contribution in [0.5, 0.6) is 0 Å². The van der Waals surface area contributed by atoms with Crippen molar-refractivity contribution in [2.24, 2.45) is 5.73 Å². The molecule has 1 aromatic rings. The standard InChI is InChI=1S/C12H20N4O2/c1-18-9-8-16-7-4-10(15-16)14-11(17)12(13)5-2-3-6-12/h4,7H,2-3,5-6,8-9,13H2,1H3,(H,14,15,17). The largest absolute Gasteiger partial charge is 0.383 e. The van der Waals surface area contributed by atoms with Crippen molar-refractivity contribution < 1.29 is 9.53 Å². The number of hydrogen-bond donors (Lipinski definition) is 2. The van der Waals surface area contributed by atoms with Crippen LogP contribution < -0.4 is 11.1 Å². The molecule has 0 radical (unpaired) electrons. The number of nitrogens with one attached hydrogen (secondary N) is 1. The smallest absolute Gasteiger partial charge is 0.245 e. The first kappa shape index (κ1) is 13.0. The Bertz CT molecular complexity index is 410. The number of carbonyl (C=O) groups is 1. The average Bonchev–Trinajstić information content (AvgIpc) is 2.97. The molecule has 1 aliphatic rings. The average molecular weight is 252 g/mol. The van der Waals surface area contributed by atoms with Crippen LogP contribution >= 0.6 is 0 Å². The Balaban J connectivity index is 1.92. The van der Waals surface area contributed by atoms with Gasteiger partial charge in [-0.2, -0.15) is 5.10 Å². The minimum Gasteiger partial charge on any atom is -0.383 e. The number of anilines is 1. The van der Waals surface area contributed by atoms with E-state index in [1.54, 1.807) is 17.9 Å². The van der Waals surface area contributed by atoms with Crippen molar-refractivity contribution in [2.75, 3.05) is 19.0 Å². The molecule has 0 spiro atoms. The van der Waals surface area contributed by atoms with Gasteiger partial charge in [-0.25, -0.2) is 0 Å². The van der Waals surface area contributed by atoms with Crippen LogP contribution in [0, 0.1) is 0 Å². The van der Waals surface area contributed by atoms with Crippen LogP contribution in [0.2, 0.25) is 0 Å². The third kappa shape index (κ3) is 2.88. The van der Waals surface area contributed by atoms with Gasteiger partial charge in [0.15, 0.2) is 5.82 Å². The Kier molecular flexibility index (Phi) is 3.98. The number of ether oxygens (including phenoxy) is 1. The number of aromatic nitrogens is 2. The van der Waals surface area contributed by atoms with Gasteiger partial charge in [-0.1, -0.05) is 12.8 Å². The van der Waals surface area contributed by atoms with Crippen molar-refractivity contribution in [3.05, 3.63) is 12.3 Å². The summed E-state index contributed by atoms with van der Waals surface area (Å²) in [6, 6.07) is 1.77. The van der Waals surface area contributed by atoms with Crippen molar-refractivity contribution >= 4 is 11.7 Å². The van der Waals surface area contributed by atoms with Crippen molar-refractivity contribution in [3.63, 3.8) is 0 Å². The van der Waals surface area contributed by atoms with Crippen molar-refractivity contribution in [2.45, 2.75) is 37.8 Å². The van der Waals surface area contributed by atoms with Crippen LogP contribution in [0.15, 0.2) is 12.3 Å². The fraction of sp³-hybridized carbons (Fsp3) is 0.667. The van der Waals surface area contributed by atoms with E-state index in [0.717, 1.165) is 25.7 Å². The Hall–Kier alpha value is -1.40. The van der Waals surface area contributed by atoms with E-state index >= 15 is 0 Å². The molecule has 2 rings (SSSR count). The van der Waals surface area contributed by atoms with Gasteiger partial charge in [0.05, 0.1) is 18.7 Å². The summed E-state index contributed by atoms with van der Waals surface area (Å²) in [6.45, 7) is 1.26. The molecular formula is C12H20N4O2. The zero-order valence-electron chi connectivity index (χ0n) is 10.7. The molecule has 6 heteroatoms. The minimum absolute atomic E-state index is 0.128. The molecule has 1 fully saturated rings. The van der Waals surface area contributed by atoms with Gasteiger partial charge in [-0.15, -0.1) is 0 Å². The third-order valence-electron chi connectivity index (χ3n) is 3.35. The molecular weight excluding hydrogens is 232 g/mol. The summed E-state index contributed by atoms with van der Waals surface area (Å²) in [5, 5.41) is 7.02.